The predicted molar refractivity (Wildman–Crippen MR) is 81.6 cm³/mol. The van der Waals surface area contributed by atoms with Crippen molar-refractivity contribution in [3.05, 3.63) is 23.2 Å². The molecule has 0 bridgehead atoms. The van der Waals surface area contributed by atoms with Crippen LogP contribution in [0, 0.1) is 12.8 Å². The van der Waals surface area contributed by atoms with Crippen LogP contribution >= 0.6 is 0 Å². The van der Waals surface area contributed by atoms with Crippen LogP contribution in [-0.4, -0.2) is 24.0 Å². The molecule has 1 N–H and O–H groups in total. The molecule has 2 heterocycles. The third kappa shape index (κ3) is 2.94. The zero-order valence-electron chi connectivity index (χ0n) is 13.0. The van der Waals surface area contributed by atoms with Crippen molar-refractivity contribution in [2.45, 2.75) is 65.1 Å². The van der Waals surface area contributed by atoms with Crippen LogP contribution < -0.4 is 5.32 Å². The van der Waals surface area contributed by atoms with Crippen LogP contribution in [0.3, 0.4) is 0 Å². The summed E-state index contributed by atoms with van der Waals surface area (Å²) in [5, 5.41) is 3.34. The van der Waals surface area contributed by atoms with E-state index in [1.807, 2.05) is 0 Å². The van der Waals surface area contributed by atoms with Crippen molar-refractivity contribution >= 4 is 0 Å². The molecule has 1 saturated heterocycles. The van der Waals surface area contributed by atoms with Gasteiger partial charge in [0.25, 0.3) is 0 Å². The molecule has 0 spiro atoms. The third-order valence-corrected chi connectivity index (χ3v) is 5.12. The second-order valence-corrected chi connectivity index (χ2v) is 6.45. The molecule has 3 nitrogen and oxygen atoms in total. The van der Waals surface area contributed by atoms with E-state index in [1.165, 1.54) is 44.2 Å². The first-order chi connectivity index (χ1) is 9.78. The Balaban J connectivity index is 1.64. The standard InChI is InChI=1S/C17H28N2O/c1-3-18-11-16-10-15(13(2)20-16)12-19-9-8-14-6-4-5-7-17(14)19/h10,14,17-18H,3-9,11-12H2,1-2H3. The molecule has 20 heavy (non-hydrogen) atoms. The highest BCUT2D eigenvalue weighted by Gasteiger charge is 2.35. The maximum absolute atomic E-state index is 5.87. The van der Waals surface area contributed by atoms with Crippen molar-refractivity contribution in [3.8, 4) is 0 Å². The van der Waals surface area contributed by atoms with Gasteiger partial charge < -0.3 is 9.73 Å². The molecule has 0 aromatic carbocycles. The van der Waals surface area contributed by atoms with Crippen molar-refractivity contribution in [2.24, 2.45) is 5.92 Å². The molecule has 1 aromatic heterocycles. The lowest BCUT2D eigenvalue weighted by molar-refractivity contribution is 0.175. The second kappa shape index (κ2) is 6.31. The zero-order chi connectivity index (χ0) is 13.9. The van der Waals surface area contributed by atoms with E-state index in [0.29, 0.717) is 0 Å². The number of fused-ring (bicyclic) bond motifs is 1. The normalized spacial score (nSPS) is 26.9. The molecule has 3 rings (SSSR count). The van der Waals surface area contributed by atoms with Gasteiger partial charge in [-0.1, -0.05) is 19.8 Å². The molecular formula is C17H28N2O. The van der Waals surface area contributed by atoms with Crippen molar-refractivity contribution < 1.29 is 4.42 Å². The van der Waals surface area contributed by atoms with E-state index in [9.17, 15) is 0 Å². The Morgan fingerprint density at radius 3 is 3.00 bits per heavy atom. The van der Waals surface area contributed by atoms with Gasteiger partial charge in [0.2, 0.25) is 0 Å². The summed E-state index contributed by atoms with van der Waals surface area (Å²) in [6.45, 7) is 8.45. The van der Waals surface area contributed by atoms with Crippen LogP contribution in [0.25, 0.3) is 0 Å². The first kappa shape index (κ1) is 14.2. The molecule has 2 aliphatic rings. The van der Waals surface area contributed by atoms with Gasteiger partial charge in [-0.15, -0.1) is 0 Å². The molecule has 2 fully saturated rings. The molecular weight excluding hydrogens is 248 g/mol. The van der Waals surface area contributed by atoms with E-state index < -0.39 is 0 Å². The zero-order valence-corrected chi connectivity index (χ0v) is 13.0. The Kier molecular flexibility index (Phi) is 4.47. The number of rotatable bonds is 5. The monoisotopic (exact) mass is 276 g/mol. The number of hydrogen-bond donors (Lipinski definition) is 1. The fourth-order valence-electron chi connectivity index (χ4n) is 4.00. The van der Waals surface area contributed by atoms with Gasteiger partial charge in [0.15, 0.2) is 0 Å². The van der Waals surface area contributed by atoms with Gasteiger partial charge in [-0.3, -0.25) is 4.90 Å². The average Bonchev–Trinajstić information content (AvgIpc) is 3.02. The number of nitrogens with one attached hydrogen (secondary N) is 1. The minimum absolute atomic E-state index is 0.843. The lowest BCUT2D eigenvalue weighted by Gasteiger charge is -2.31. The highest BCUT2D eigenvalue weighted by molar-refractivity contribution is 5.21. The Bertz CT molecular complexity index is 440. The van der Waals surface area contributed by atoms with Crippen LogP contribution in [0.15, 0.2) is 10.5 Å². The van der Waals surface area contributed by atoms with E-state index in [1.54, 1.807) is 0 Å². The van der Waals surface area contributed by atoms with Crippen LogP contribution in [-0.2, 0) is 13.1 Å². The topological polar surface area (TPSA) is 28.4 Å². The Labute approximate surface area is 122 Å². The summed E-state index contributed by atoms with van der Waals surface area (Å²) in [4.78, 5) is 2.71. The van der Waals surface area contributed by atoms with E-state index in [-0.39, 0.29) is 0 Å². The van der Waals surface area contributed by atoms with Crippen LogP contribution in [0.4, 0.5) is 0 Å². The third-order valence-electron chi connectivity index (χ3n) is 5.12. The number of aryl methyl sites for hydroxylation is 1. The Hall–Kier alpha value is -0.800. The van der Waals surface area contributed by atoms with Gasteiger partial charge in [-0.2, -0.15) is 0 Å². The molecule has 1 saturated carbocycles. The minimum atomic E-state index is 0.843. The fourth-order valence-corrected chi connectivity index (χ4v) is 4.00. The molecule has 0 amide bonds. The van der Waals surface area contributed by atoms with Gasteiger partial charge in [-0.05, 0) is 51.3 Å². The van der Waals surface area contributed by atoms with Gasteiger partial charge in [0.05, 0.1) is 6.54 Å². The Morgan fingerprint density at radius 1 is 1.30 bits per heavy atom. The average molecular weight is 276 g/mol. The van der Waals surface area contributed by atoms with Crippen molar-refractivity contribution in [2.75, 3.05) is 13.1 Å². The second-order valence-electron chi connectivity index (χ2n) is 6.45. The summed E-state index contributed by atoms with van der Waals surface area (Å²) in [5.74, 6) is 3.16. The largest absolute Gasteiger partial charge is 0.465 e. The minimum Gasteiger partial charge on any atom is -0.465 e. The summed E-state index contributed by atoms with van der Waals surface area (Å²) < 4.78 is 5.87. The van der Waals surface area contributed by atoms with E-state index in [0.717, 1.165) is 43.1 Å². The van der Waals surface area contributed by atoms with Gasteiger partial charge >= 0.3 is 0 Å². The summed E-state index contributed by atoms with van der Waals surface area (Å²) in [7, 11) is 0. The molecule has 112 valence electrons. The smallest absolute Gasteiger partial charge is 0.118 e. The molecule has 3 heteroatoms. The molecule has 1 aliphatic heterocycles. The SMILES string of the molecule is CCNCc1cc(CN2CCC3CCCCC32)c(C)o1. The molecule has 1 aromatic rings. The number of likely N-dealkylation sites (tertiary alicyclic amines) is 1. The first-order valence-corrected chi connectivity index (χ1v) is 8.31. The van der Waals surface area contributed by atoms with Crippen LogP contribution in [0.5, 0.6) is 0 Å². The maximum Gasteiger partial charge on any atom is 0.118 e. The van der Waals surface area contributed by atoms with Gasteiger partial charge in [-0.25, -0.2) is 0 Å². The van der Waals surface area contributed by atoms with Crippen molar-refractivity contribution in [3.63, 3.8) is 0 Å². The number of furan rings is 1. The van der Waals surface area contributed by atoms with Gasteiger partial charge in [0, 0.05) is 18.2 Å². The van der Waals surface area contributed by atoms with Crippen molar-refractivity contribution in [1.82, 2.24) is 10.2 Å². The van der Waals surface area contributed by atoms with Crippen molar-refractivity contribution in [1.29, 1.82) is 0 Å². The quantitative estimate of drug-likeness (QED) is 0.892. The number of hydrogen-bond acceptors (Lipinski definition) is 3. The molecule has 2 unspecified atom stereocenters. The highest BCUT2D eigenvalue weighted by Crippen LogP contribution is 2.37. The summed E-state index contributed by atoms with van der Waals surface area (Å²) in [5.41, 5.74) is 1.39. The van der Waals surface area contributed by atoms with E-state index >= 15 is 0 Å². The van der Waals surface area contributed by atoms with E-state index in [4.69, 9.17) is 4.42 Å². The molecule has 2 atom stereocenters. The van der Waals surface area contributed by atoms with Crippen LogP contribution in [0.1, 0.15) is 56.1 Å². The number of nitrogens with zero attached hydrogens (tertiary/aromatic N) is 1. The van der Waals surface area contributed by atoms with Crippen LogP contribution in [0.2, 0.25) is 0 Å². The summed E-state index contributed by atoms with van der Waals surface area (Å²) in [6.07, 6.45) is 7.15. The molecule has 0 radical (unpaired) electrons. The predicted octanol–water partition coefficient (Wildman–Crippen LogP) is 3.46. The molecule has 1 aliphatic carbocycles. The van der Waals surface area contributed by atoms with Gasteiger partial charge in [0.1, 0.15) is 11.5 Å². The lowest BCUT2D eigenvalue weighted by Crippen LogP contribution is -2.34. The first-order valence-electron chi connectivity index (χ1n) is 8.31. The Morgan fingerprint density at radius 2 is 2.15 bits per heavy atom. The maximum atomic E-state index is 5.87. The van der Waals surface area contributed by atoms with E-state index in [2.05, 4.69) is 30.1 Å². The summed E-state index contributed by atoms with van der Waals surface area (Å²) >= 11 is 0. The summed E-state index contributed by atoms with van der Waals surface area (Å²) in [6, 6.07) is 3.10. The highest BCUT2D eigenvalue weighted by atomic mass is 16.3. The lowest BCUT2D eigenvalue weighted by atomic mass is 9.85. The fraction of sp³-hybridized carbons (Fsp3) is 0.765.